The van der Waals surface area contributed by atoms with E-state index >= 15 is 0 Å². The Morgan fingerprint density at radius 1 is 1.46 bits per heavy atom. The minimum absolute atomic E-state index is 0.186. The normalized spacial score (nSPS) is 18.7. The average Bonchev–Trinajstić information content (AvgIpc) is 2.90. The van der Waals surface area contributed by atoms with Gasteiger partial charge < -0.3 is 0 Å². The smallest absolute Gasteiger partial charge is 0.142 e. The van der Waals surface area contributed by atoms with Crippen LogP contribution in [-0.4, -0.2) is 5.33 Å². The molecule has 0 amide bonds. The molecule has 0 radical (unpaired) electrons. The summed E-state index contributed by atoms with van der Waals surface area (Å²) < 4.78 is 13.1. The number of hydrogen-bond acceptors (Lipinski definition) is 0. The summed E-state index contributed by atoms with van der Waals surface area (Å²) in [5.74, 6) is -0.314. The molecule has 1 saturated carbocycles. The van der Waals surface area contributed by atoms with Gasteiger partial charge in [0.1, 0.15) is 5.82 Å². The van der Waals surface area contributed by atoms with Crippen LogP contribution in [0.4, 0.5) is 4.39 Å². The highest BCUT2D eigenvalue weighted by atomic mass is 79.9. The highest BCUT2D eigenvalue weighted by Gasteiger charge is 2.43. The Hall–Kier alpha value is -0.0800. The molecule has 0 aromatic heterocycles. The lowest BCUT2D eigenvalue weighted by Gasteiger charge is -2.11. The number of halogens is 3. The van der Waals surface area contributed by atoms with Crippen LogP contribution < -0.4 is 0 Å². The van der Waals surface area contributed by atoms with Crippen molar-refractivity contribution in [3.05, 3.63) is 34.6 Å². The van der Waals surface area contributed by atoms with Crippen LogP contribution in [0.2, 0.25) is 5.02 Å². The summed E-state index contributed by atoms with van der Waals surface area (Å²) in [6.45, 7) is 0. The summed E-state index contributed by atoms with van der Waals surface area (Å²) in [4.78, 5) is 0. The molecule has 1 aromatic carbocycles. The van der Waals surface area contributed by atoms with Gasteiger partial charge in [0.05, 0.1) is 5.02 Å². The molecule has 1 fully saturated rings. The van der Waals surface area contributed by atoms with Crippen molar-refractivity contribution in [1.82, 2.24) is 0 Å². The van der Waals surface area contributed by atoms with E-state index in [9.17, 15) is 4.39 Å². The van der Waals surface area contributed by atoms with Crippen molar-refractivity contribution in [1.29, 1.82) is 0 Å². The molecule has 70 valence electrons. The van der Waals surface area contributed by atoms with E-state index in [1.54, 1.807) is 12.1 Å². The lowest BCUT2D eigenvalue weighted by molar-refractivity contribution is 0.622. The van der Waals surface area contributed by atoms with Crippen LogP contribution in [0.1, 0.15) is 18.4 Å². The maximum atomic E-state index is 13.1. The summed E-state index contributed by atoms with van der Waals surface area (Å²) in [5.41, 5.74) is 1.25. The van der Waals surface area contributed by atoms with Gasteiger partial charge in [0.25, 0.3) is 0 Å². The van der Waals surface area contributed by atoms with E-state index in [1.807, 2.05) is 6.07 Å². The Bertz CT molecular complexity index is 334. The maximum absolute atomic E-state index is 13.1. The monoisotopic (exact) mass is 262 g/mol. The molecule has 0 saturated heterocycles. The third kappa shape index (κ3) is 1.62. The van der Waals surface area contributed by atoms with E-state index in [-0.39, 0.29) is 16.3 Å². The van der Waals surface area contributed by atoms with Gasteiger partial charge in [-0.1, -0.05) is 33.6 Å². The van der Waals surface area contributed by atoms with Gasteiger partial charge in [0.2, 0.25) is 0 Å². The Morgan fingerprint density at radius 3 is 2.62 bits per heavy atom. The highest BCUT2D eigenvalue weighted by molar-refractivity contribution is 9.09. The summed E-state index contributed by atoms with van der Waals surface area (Å²) in [5, 5.41) is 1.11. The third-order valence-electron chi connectivity index (χ3n) is 2.64. The number of hydrogen-bond donors (Lipinski definition) is 0. The van der Waals surface area contributed by atoms with Crippen LogP contribution >= 0.6 is 27.5 Å². The van der Waals surface area contributed by atoms with Gasteiger partial charge in [-0.25, -0.2) is 4.39 Å². The molecule has 0 unspecified atom stereocenters. The van der Waals surface area contributed by atoms with E-state index in [1.165, 1.54) is 0 Å². The Labute approximate surface area is 90.2 Å². The standard InChI is InChI=1S/C10H9BrClF/c11-6-10(3-4-10)7-1-2-8(12)9(13)5-7/h1-2,5H,3-4,6H2. The molecule has 1 aliphatic carbocycles. The first-order chi connectivity index (χ1) is 6.18. The fraction of sp³-hybridized carbons (Fsp3) is 0.400. The Morgan fingerprint density at radius 2 is 2.15 bits per heavy atom. The van der Waals surface area contributed by atoms with Gasteiger partial charge in [-0.05, 0) is 30.5 Å². The van der Waals surface area contributed by atoms with Crippen LogP contribution in [0.25, 0.3) is 0 Å². The summed E-state index contributed by atoms with van der Waals surface area (Å²) in [6, 6.07) is 5.10. The molecule has 2 rings (SSSR count). The second-order valence-electron chi connectivity index (χ2n) is 3.54. The first-order valence-corrected chi connectivity index (χ1v) is 5.69. The van der Waals surface area contributed by atoms with Crippen LogP contribution in [0.5, 0.6) is 0 Å². The predicted octanol–water partition coefficient (Wildman–Crippen LogP) is 3.91. The van der Waals surface area contributed by atoms with Crippen LogP contribution in [-0.2, 0) is 5.41 Å². The van der Waals surface area contributed by atoms with Crippen molar-refractivity contribution < 1.29 is 4.39 Å². The SMILES string of the molecule is Fc1cc(C2(CBr)CC2)ccc1Cl. The quantitative estimate of drug-likeness (QED) is 0.710. The Kier molecular flexibility index (Phi) is 2.37. The van der Waals surface area contributed by atoms with Crippen molar-refractivity contribution in [2.75, 3.05) is 5.33 Å². The van der Waals surface area contributed by atoms with Gasteiger partial charge in [-0.2, -0.15) is 0 Å². The van der Waals surface area contributed by atoms with E-state index in [2.05, 4.69) is 15.9 Å². The summed E-state index contributed by atoms with van der Waals surface area (Å²) in [7, 11) is 0. The predicted molar refractivity (Wildman–Crippen MR) is 56.1 cm³/mol. The molecule has 0 nitrogen and oxygen atoms in total. The molecular formula is C10H9BrClF. The molecule has 0 atom stereocenters. The van der Waals surface area contributed by atoms with Crippen LogP contribution in [0.15, 0.2) is 18.2 Å². The van der Waals surface area contributed by atoms with E-state index < -0.39 is 0 Å². The van der Waals surface area contributed by atoms with Crippen molar-refractivity contribution in [2.24, 2.45) is 0 Å². The largest absolute Gasteiger partial charge is 0.205 e. The minimum Gasteiger partial charge on any atom is -0.205 e. The lowest BCUT2D eigenvalue weighted by Crippen LogP contribution is -2.07. The molecule has 1 aliphatic rings. The van der Waals surface area contributed by atoms with E-state index in [0.717, 1.165) is 23.7 Å². The number of alkyl halides is 1. The zero-order valence-electron chi connectivity index (χ0n) is 6.99. The second-order valence-corrected chi connectivity index (χ2v) is 4.51. The second kappa shape index (κ2) is 3.25. The van der Waals surface area contributed by atoms with Gasteiger partial charge in [0, 0.05) is 10.7 Å². The number of rotatable bonds is 2. The average molecular weight is 264 g/mol. The summed E-state index contributed by atoms with van der Waals surface area (Å²) in [6.07, 6.45) is 2.28. The van der Waals surface area contributed by atoms with Crippen LogP contribution in [0, 0.1) is 5.82 Å². The van der Waals surface area contributed by atoms with E-state index in [4.69, 9.17) is 11.6 Å². The molecule has 13 heavy (non-hydrogen) atoms. The van der Waals surface area contributed by atoms with Crippen LogP contribution in [0.3, 0.4) is 0 Å². The fourth-order valence-corrected chi connectivity index (χ4v) is 2.48. The highest BCUT2D eigenvalue weighted by Crippen LogP contribution is 2.49. The van der Waals surface area contributed by atoms with Crippen molar-refractivity contribution in [2.45, 2.75) is 18.3 Å². The van der Waals surface area contributed by atoms with Gasteiger partial charge in [-0.3, -0.25) is 0 Å². The van der Waals surface area contributed by atoms with Crippen molar-refractivity contribution >= 4 is 27.5 Å². The molecule has 3 heteroatoms. The third-order valence-corrected chi connectivity index (χ3v) is 4.02. The first-order valence-electron chi connectivity index (χ1n) is 4.19. The van der Waals surface area contributed by atoms with Gasteiger partial charge >= 0.3 is 0 Å². The molecule has 0 spiro atoms. The zero-order chi connectivity index (χ0) is 9.47. The lowest BCUT2D eigenvalue weighted by atomic mass is 9.98. The minimum atomic E-state index is -0.314. The molecule has 0 N–H and O–H groups in total. The molecule has 0 bridgehead atoms. The van der Waals surface area contributed by atoms with Gasteiger partial charge in [-0.15, -0.1) is 0 Å². The van der Waals surface area contributed by atoms with Crippen molar-refractivity contribution in [3.8, 4) is 0 Å². The molecule has 0 aliphatic heterocycles. The fourth-order valence-electron chi connectivity index (χ4n) is 1.48. The zero-order valence-corrected chi connectivity index (χ0v) is 9.33. The first kappa shape index (κ1) is 9.47. The molecule has 0 heterocycles. The molecule has 1 aromatic rings. The maximum Gasteiger partial charge on any atom is 0.142 e. The topological polar surface area (TPSA) is 0 Å². The molecular weight excluding hydrogens is 254 g/mol. The van der Waals surface area contributed by atoms with Crippen molar-refractivity contribution in [3.63, 3.8) is 0 Å². The Balaban J connectivity index is 2.37. The number of benzene rings is 1. The summed E-state index contributed by atoms with van der Waals surface area (Å²) >= 11 is 9.07. The van der Waals surface area contributed by atoms with E-state index in [0.29, 0.717) is 0 Å². The van der Waals surface area contributed by atoms with Gasteiger partial charge in [0.15, 0.2) is 0 Å².